The summed E-state index contributed by atoms with van der Waals surface area (Å²) in [6.45, 7) is 0. The van der Waals surface area contributed by atoms with Crippen LogP contribution in [0.4, 0.5) is 5.82 Å². The highest BCUT2D eigenvalue weighted by molar-refractivity contribution is 9.11. The molecule has 1 amide bonds. The molecule has 0 atom stereocenters. The average Bonchev–Trinajstić information content (AvgIpc) is 3.13. The molecule has 0 aliphatic heterocycles. The summed E-state index contributed by atoms with van der Waals surface area (Å²) >= 11 is 6.79. The van der Waals surface area contributed by atoms with Crippen LogP contribution < -0.4 is 10.9 Å². The summed E-state index contributed by atoms with van der Waals surface area (Å²) in [5.74, 6) is -0.101. The monoisotopic (exact) mass is 537 g/mol. The Hall–Kier alpha value is -3.23. The molecule has 3 aromatic heterocycles. The number of benzene rings is 2. The second-order valence-electron chi connectivity index (χ2n) is 6.81. The topological polar surface area (TPSA) is 76.6 Å². The molecular formula is C23H13Br2N3O3. The Balaban J connectivity index is 1.63. The number of aromatic nitrogens is 2. The van der Waals surface area contributed by atoms with Crippen molar-refractivity contribution in [2.24, 2.45) is 0 Å². The van der Waals surface area contributed by atoms with Crippen LogP contribution in [-0.4, -0.2) is 15.3 Å². The highest BCUT2D eigenvalue weighted by Gasteiger charge is 2.20. The van der Waals surface area contributed by atoms with Crippen molar-refractivity contribution in [3.63, 3.8) is 0 Å². The van der Waals surface area contributed by atoms with E-state index in [1.165, 1.54) is 6.07 Å². The smallest absolute Gasteiger partial charge is 0.349 e. The standard InChI is InChI=1S/C23H13Br2N3O3/c24-15-10-14-11-16(23(30)31-20(14)17(25)12-15)22(29)27-21-19(13-6-2-1-3-7-13)26-18-8-4-5-9-28(18)21/h1-12H,(H,27,29). The number of amides is 1. The number of carbonyl (C=O) groups is 1. The van der Waals surface area contributed by atoms with Gasteiger partial charge in [0.05, 0.1) is 4.47 Å². The summed E-state index contributed by atoms with van der Waals surface area (Å²) in [6, 6.07) is 20.2. The number of hydrogen-bond acceptors (Lipinski definition) is 4. The van der Waals surface area contributed by atoms with Gasteiger partial charge in [0, 0.05) is 21.6 Å². The van der Waals surface area contributed by atoms with Crippen molar-refractivity contribution in [3.05, 3.63) is 97.9 Å². The number of imidazole rings is 1. The van der Waals surface area contributed by atoms with Gasteiger partial charge >= 0.3 is 5.63 Å². The Morgan fingerprint density at radius 3 is 2.58 bits per heavy atom. The number of fused-ring (bicyclic) bond motifs is 2. The van der Waals surface area contributed by atoms with E-state index in [0.29, 0.717) is 32.6 Å². The number of carbonyl (C=O) groups excluding carboxylic acids is 1. The largest absolute Gasteiger partial charge is 0.421 e. The Morgan fingerprint density at radius 2 is 1.77 bits per heavy atom. The Labute approximate surface area is 192 Å². The molecule has 3 heterocycles. The van der Waals surface area contributed by atoms with E-state index < -0.39 is 11.5 Å². The van der Waals surface area contributed by atoms with Crippen LogP contribution in [0.25, 0.3) is 27.9 Å². The first kappa shape index (κ1) is 19.7. The predicted octanol–water partition coefficient (Wildman–Crippen LogP) is 5.89. The molecule has 0 aliphatic carbocycles. The minimum Gasteiger partial charge on any atom is -0.421 e. The summed E-state index contributed by atoms with van der Waals surface area (Å²) in [5, 5.41) is 3.48. The third kappa shape index (κ3) is 3.58. The third-order valence-corrected chi connectivity index (χ3v) is 5.85. The first-order chi connectivity index (χ1) is 15.0. The van der Waals surface area contributed by atoms with Crippen LogP contribution in [0.15, 0.2) is 91.1 Å². The molecular weight excluding hydrogens is 526 g/mol. The first-order valence-corrected chi connectivity index (χ1v) is 10.9. The molecule has 0 saturated carbocycles. The van der Waals surface area contributed by atoms with Crippen LogP contribution in [0.2, 0.25) is 0 Å². The van der Waals surface area contributed by atoms with Crippen LogP contribution in [0, 0.1) is 0 Å². The first-order valence-electron chi connectivity index (χ1n) is 9.28. The SMILES string of the molecule is O=C(Nc1c(-c2ccccc2)nc2ccccn12)c1cc2cc(Br)cc(Br)c2oc1=O. The number of nitrogens with one attached hydrogen (secondary N) is 1. The second-order valence-corrected chi connectivity index (χ2v) is 8.58. The van der Waals surface area contributed by atoms with Gasteiger partial charge in [0.25, 0.3) is 5.91 Å². The van der Waals surface area contributed by atoms with E-state index in [1.807, 2.05) is 54.7 Å². The fourth-order valence-corrected chi connectivity index (χ4v) is 4.74. The van der Waals surface area contributed by atoms with E-state index in [-0.39, 0.29) is 5.56 Å². The minimum absolute atomic E-state index is 0.0950. The lowest BCUT2D eigenvalue weighted by atomic mass is 10.1. The second kappa shape index (κ2) is 7.79. The van der Waals surface area contributed by atoms with Crippen molar-refractivity contribution < 1.29 is 9.21 Å². The molecule has 8 heteroatoms. The van der Waals surface area contributed by atoms with Gasteiger partial charge in [-0.25, -0.2) is 9.78 Å². The van der Waals surface area contributed by atoms with Crippen LogP contribution in [0.3, 0.4) is 0 Å². The summed E-state index contributed by atoms with van der Waals surface area (Å²) < 4.78 is 8.60. The Bertz CT molecular complexity index is 1520. The number of rotatable bonds is 3. The predicted molar refractivity (Wildman–Crippen MR) is 126 cm³/mol. The van der Waals surface area contributed by atoms with Gasteiger partial charge in [-0.3, -0.25) is 9.20 Å². The molecule has 0 unspecified atom stereocenters. The van der Waals surface area contributed by atoms with Gasteiger partial charge < -0.3 is 9.73 Å². The van der Waals surface area contributed by atoms with Crippen molar-refractivity contribution in [2.45, 2.75) is 0 Å². The lowest BCUT2D eigenvalue weighted by Gasteiger charge is -2.08. The molecule has 5 rings (SSSR count). The number of halogens is 2. The summed E-state index contributed by atoms with van der Waals surface area (Å²) in [5.41, 5.74) is 1.70. The van der Waals surface area contributed by atoms with Crippen LogP contribution >= 0.6 is 31.9 Å². The molecule has 1 N–H and O–H groups in total. The lowest BCUT2D eigenvalue weighted by Crippen LogP contribution is -2.21. The molecule has 2 aromatic carbocycles. The molecule has 0 aliphatic rings. The van der Waals surface area contributed by atoms with Crippen molar-refractivity contribution in [1.82, 2.24) is 9.38 Å². The lowest BCUT2D eigenvalue weighted by molar-refractivity contribution is 0.102. The minimum atomic E-state index is -0.719. The van der Waals surface area contributed by atoms with Crippen LogP contribution in [-0.2, 0) is 0 Å². The Kier molecular flexibility index (Phi) is 4.95. The average molecular weight is 539 g/mol. The molecule has 5 aromatic rings. The molecule has 0 fully saturated rings. The maximum absolute atomic E-state index is 13.1. The van der Waals surface area contributed by atoms with Crippen LogP contribution in [0.5, 0.6) is 0 Å². The summed E-state index contributed by atoms with van der Waals surface area (Å²) in [4.78, 5) is 30.4. The highest BCUT2D eigenvalue weighted by atomic mass is 79.9. The molecule has 6 nitrogen and oxygen atoms in total. The van der Waals surface area contributed by atoms with Gasteiger partial charge in [-0.1, -0.05) is 52.3 Å². The van der Waals surface area contributed by atoms with Crippen molar-refractivity contribution in [1.29, 1.82) is 0 Å². The number of nitrogens with zero attached hydrogens (tertiary/aromatic N) is 2. The van der Waals surface area contributed by atoms with E-state index in [2.05, 4.69) is 42.2 Å². The zero-order valence-corrected chi connectivity index (χ0v) is 19.0. The fraction of sp³-hybridized carbons (Fsp3) is 0. The Morgan fingerprint density at radius 1 is 1.00 bits per heavy atom. The number of pyridine rings is 1. The van der Waals surface area contributed by atoms with Crippen molar-refractivity contribution >= 4 is 60.2 Å². The van der Waals surface area contributed by atoms with Crippen molar-refractivity contribution in [2.75, 3.05) is 5.32 Å². The number of hydrogen-bond donors (Lipinski definition) is 1. The van der Waals surface area contributed by atoms with Gasteiger partial charge in [0.1, 0.15) is 22.7 Å². The molecule has 152 valence electrons. The van der Waals surface area contributed by atoms with E-state index in [0.717, 1.165) is 10.0 Å². The van der Waals surface area contributed by atoms with E-state index in [9.17, 15) is 9.59 Å². The van der Waals surface area contributed by atoms with Gasteiger partial charge in [0.2, 0.25) is 0 Å². The highest BCUT2D eigenvalue weighted by Crippen LogP contribution is 2.30. The maximum Gasteiger partial charge on any atom is 0.349 e. The summed E-state index contributed by atoms with van der Waals surface area (Å²) in [7, 11) is 0. The molecule has 0 bridgehead atoms. The normalized spacial score (nSPS) is 11.2. The van der Waals surface area contributed by atoms with Gasteiger partial charge in [0.15, 0.2) is 5.58 Å². The zero-order chi connectivity index (χ0) is 21.5. The maximum atomic E-state index is 13.1. The van der Waals surface area contributed by atoms with E-state index in [4.69, 9.17) is 4.42 Å². The van der Waals surface area contributed by atoms with Gasteiger partial charge in [-0.15, -0.1) is 0 Å². The quantitative estimate of drug-likeness (QED) is 0.291. The molecule has 0 spiro atoms. The van der Waals surface area contributed by atoms with E-state index >= 15 is 0 Å². The molecule has 0 saturated heterocycles. The van der Waals surface area contributed by atoms with Gasteiger partial charge in [-0.05, 0) is 46.3 Å². The van der Waals surface area contributed by atoms with Gasteiger partial charge in [-0.2, -0.15) is 0 Å². The number of anilines is 1. The molecule has 31 heavy (non-hydrogen) atoms. The zero-order valence-electron chi connectivity index (χ0n) is 15.8. The third-order valence-electron chi connectivity index (χ3n) is 4.81. The fourth-order valence-electron chi connectivity index (χ4n) is 3.40. The van der Waals surface area contributed by atoms with E-state index in [1.54, 1.807) is 16.5 Å². The summed E-state index contributed by atoms with van der Waals surface area (Å²) in [6.07, 6.45) is 1.81. The van der Waals surface area contributed by atoms with Crippen molar-refractivity contribution in [3.8, 4) is 11.3 Å². The van der Waals surface area contributed by atoms with Crippen LogP contribution in [0.1, 0.15) is 10.4 Å². The molecule has 0 radical (unpaired) electrons.